The number of benzene rings is 2. The van der Waals surface area contributed by atoms with E-state index in [4.69, 9.17) is 0 Å². The first-order valence-corrected chi connectivity index (χ1v) is 8.06. The number of rotatable bonds is 3. The molecule has 1 amide bonds. The second-order valence-electron chi connectivity index (χ2n) is 5.14. The summed E-state index contributed by atoms with van der Waals surface area (Å²) in [6.07, 6.45) is 1.78. The Morgan fingerprint density at radius 1 is 1.09 bits per heavy atom. The molecule has 2 aromatic carbocycles. The van der Waals surface area contributed by atoms with Gasteiger partial charge in [0.15, 0.2) is 0 Å². The van der Waals surface area contributed by atoms with Crippen LogP contribution in [0.1, 0.15) is 10.5 Å². The molecule has 0 spiro atoms. The molecule has 5 heteroatoms. The zero-order chi connectivity index (χ0) is 15.6. The van der Waals surface area contributed by atoms with Crippen molar-refractivity contribution in [2.24, 2.45) is 0 Å². The van der Waals surface area contributed by atoms with Crippen molar-refractivity contribution in [1.82, 2.24) is 9.97 Å². The number of fused-ring (bicyclic) bond motifs is 1. The van der Waals surface area contributed by atoms with Gasteiger partial charge in [0.1, 0.15) is 10.7 Å². The predicted molar refractivity (Wildman–Crippen MR) is 93.8 cm³/mol. The first-order chi connectivity index (χ1) is 11.3. The summed E-state index contributed by atoms with van der Waals surface area (Å²) in [5.41, 5.74) is 3.31. The summed E-state index contributed by atoms with van der Waals surface area (Å²) in [4.78, 5) is 19.7. The lowest BCUT2D eigenvalue weighted by Crippen LogP contribution is -2.12. The molecule has 0 bridgehead atoms. The number of carbonyl (C=O) groups is 1. The molecule has 4 nitrogen and oxygen atoms in total. The van der Waals surface area contributed by atoms with Gasteiger partial charge < -0.3 is 10.3 Å². The Balaban J connectivity index is 1.54. The van der Waals surface area contributed by atoms with Crippen molar-refractivity contribution in [2.75, 3.05) is 5.32 Å². The fourth-order valence-corrected chi connectivity index (χ4v) is 3.10. The second kappa shape index (κ2) is 5.70. The smallest absolute Gasteiger partial charge is 0.272 e. The van der Waals surface area contributed by atoms with Crippen LogP contribution in [-0.2, 0) is 0 Å². The Morgan fingerprint density at radius 3 is 2.65 bits per heavy atom. The lowest BCUT2D eigenvalue weighted by molar-refractivity contribution is 0.102. The number of thiazole rings is 1. The number of H-pyrrole nitrogens is 1. The van der Waals surface area contributed by atoms with E-state index in [1.54, 1.807) is 17.5 Å². The van der Waals surface area contributed by atoms with Gasteiger partial charge in [-0.15, -0.1) is 11.3 Å². The first kappa shape index (κ1) is 13.7. The standard InChI is InChI=1S/C18H13N3OS/c22-17(16-11-13-3-1-2-4-15(13)21-16)20-14-7-5-12(6-8-14)18-19-9-10-23-18/h1-11,21H,(H,20,22). The van der Waals surface area contributed by atoms with Crippen molar-refractivity contribution in [3.05, 3.63) is 71.9 Å². The molecule has 0 radical (unpaired) electrons. The molecule has 4 aromatic rings. The maximum Gasteiger partial charge on any atom is 0.272 e. The van der Waals surface area contributed by atoms with Crippen molar-refractivity contribution in [1.29, 1.82) is 0 Å². The molecule has 0 saturated heterocycles. The van der Waals surface area contributed by atoms with Crippen LogP contribution in [0.2, 0.25) is 0 Å². The average molecular weight is 319 g/mol. The highest BCUT2D eigenvalue weighted by atomic mass is 32.1. The molecule has 0 atom stereocenters. The molecule has 2 aromatic heterocycles. The first-order valence-electron chi connectivity index (χ1n) is 7.19. The number of aromatic nitrogens is 2. The van der Waals surface area contributed by atoms with Crippen LogP contribution in [0.5, 0.6) is 0 Å². The van der Waals surface area contributed by atoms with Crippen LogP contribution in [-0.4, -0.2) is 15.9 Å². The molecule has 0 saturated carbocycles. The zero-order valence-electron chi connectivity index (χ0n) is 12.1. The Hall–Kier alpha value is -2.92. The number of carbonyl (C=O) groups excluding carboxylic acids is 1. The number of para-hydroxylation sites is 1. The minimum absolute atomic E-state index is 0.150. The van der Waals surface area contributed by atoms with E-state index in [2.05, 4.69) is 15.3 Å². The number of amides is 1. The molecular weight excluding hydrogens is 306 g/mol. The van der Waals surface area contributed by atoms with Crippen molar-refractivity contribution in [2.45, 2.75) is 0 Å². The molecule has 4 rings (SSSR count). The third kappa shape index (κ3) is 2.74. The number of nitrogens with zero attached hydrogens (tertiary/aromatic N) is 1. The summed E-state index contributed by atoms with van der Waals surface area (Å²) in [5.74, 6) is -0.150. The Kier molecular flexibility index (Phi) is 3.40. The fraction of sp³-hybridized carbons (Fsp3) is 0. The van der Waals surface area contributed by atoms with E-state index in [9.17, 15) is 4.79 Å². The molecule has 23 heavy (non-hydrogen) atoms. The summed E-state index contributed by atoms with van der Waals surface area (Å²) in [6, 6.07) is 17.4. The maximum atomic E-state index is 12.3. The molecule has 0 aliphatic heterocycles. The van der Waals surface area contributed by atoms with E-state index in [0.717, 1.165) is 27.2 Å². The monoisotopic (exact) mass is 319 g/mol. The second-order valence-corrected chi connectivity index (χ2v) is 6.03. The highest BCUT2D eigenvalue weighted by Gasteiger charge is 2.10. The topological polar surface area (TPSA) is 57.8 Å². The van der Waals surface area contributed by atoms with Gasteiger partial charge in [0.2, 0.25) is 0 Å². The van der Waals surface area contributed by atoms with Gasteiger partial charge >= 0.3 is 0 Å². The number of hydrogen-bond donors (Lipinski definition) is 2. The molecule has 0 aliphatic rings. The lowest BCUT2D eigenvalue weighted by atomic mass is 10.2. The van der Waals surface area contributed by atoms with Crippen LogP contribution < -0.4 is 5.32 Å². The van der Waals surface area contributed by atoms with Gasteiger partial charge in [-0.2, -0.15) is 0 Å². The van der Waals surface area contributed by atoms with Gasteiger partial charge in [-0.25, -0.2) is 4.98 Å². The minimum atomic E-state index is -0.150. The molecule has 0 fully saturated rings. The van der Waals surface area contributed by atoms with E-state index < -0.39 is 0 Å². The van der Waals surface area contributed by atoms with Crippen molar-refractivity contribution in [3.63, 3.8) is 0 Å². The summed E-state index contributed by atoms with van der Waals surface area (Å²) in [7, 11) is 0. The predicted octanol–water partition coefficient (Wildman–Crippen LogP) is 4.54. The third-order valence-electron chi connectivity index (χ3n) is 3.60. The van der Waals surface area contributed by atoms with Crippen LogP contribution in [0.3, 0.4) is 0 Å². The zero-order valence-corrected chi connectivity index (χ0v) is 12.9. The molecule has 2 N–H and O–H groups in total. The highest BCUT2D eigenvalue weighted by molar-refractivity contribution is 7.13. The van der Waals surface area contributed by atoms with E-state index in [1.165, 1.54) is 0 Å². The van der Waals surface area contributed by atoms with Gasteiger partial charge in [0.05, 0.1) is 0 Å². The lowest BCUT2D eigenvalue weighted by Gasteiger charge is -2.04. The summed E-state index contributed by atoms with van der Waals surface area (Å²) >= 11 is 1.59. The average Bonchev–Trinajstić information content (AvgIpc) is 3.25. The van der Waals surface area contributed by atoms with Gasteiger partial charge in [-0.3, -0.25) is 4.79 Å². The molecule has 0 aliphatic carbocycles. The highest BCUT2D eigenvalue weighted by Crippen LogP contribution is 2.23. The van der Waals surface area contributed by atoms with Crippen LogP contribution in [0.4, 0.5) is 5.69 Å². The normalized spacial score (nSPS) is 10.8. The van der Waals surface area contributed by atoms with Gasteiger partial charge in [-0.1, -0.05) is 18.2 Å². The van der Waals surface area contributed by atoms with Crippen LogP contribution >= 0.6 is 11.3 Å². The quantitative estimate of drug-likeness (QED) is 0.582. The molecular formula is C18H13N3OS. The van der Waals surface area contributed by atoms with E-state index in [-0.39, 0.29) is 5.91 Å². The SMILES string of the molecule is O=C(Nc1ccc(-c2nccs2)cc1)c1cc2ccccc2[nH]1. The number of nitrogens with one attached hydrogen (secondary N) is 2. The van der Waals surface area contributed by atoms with Crippen molar-refractivity contribution < 1.29 is 4.79 Å². The van der Waals surface area contributed by atoms with Gasteiger partial charge in [0.25, 0.3) is 5.91 Å². The van der Waals surface area contributed by atoms with E-state index in [1.807, 2.05) is 60.0 Å². The largest absolute Gasteiger partial charge is 0.351 e. The molecule has 112 valence electrons. The third-order valence-corrected chi connectivity index (χ3v) is 4.42. The van der Waals surface area contributed by atoms with Crippen LogP contribution in [0, 0.1) is 0 Å². The van der Waals surface area contributed by atoms with Gasteiger partial charge in [-0.05, 0) is 36.4 Å². The Bertz CT molecular complexity index is 923. The maximum absolute atomic E-state index is 12.3. The van der Waals surface area contributed by atoms with Crippen LogP contribution in [0.25, 0.3) is 21.5 Å². The van der Waals surface area contributed by atoms with Crippen LogP contribution in [0.15, 0.2) is 66.2 Å². The van der Waals surface area contributed by atoms with Crippen molar-refractivity contribution in [3.8, 4) is 10.6 Å². The van der Waals surface area contributed by atoms with E-state index >= 15 is 0 Å². The number of aromatic amines is 1. The summed E-state index contributed by atoms with van der Waals surface area (Å²) < 4.78 is 0. The van der Waals surface area contributed by atoms with Crippen molar-refractivity contribution >= 4 is 33.8 Å². The fourth-order valence-electron chi connectivity index (χ4n) is 2.46. The number of hydrogen-bond acceptors (Lipinski definition) is 3. The Labute approximate surface area is 136 Å². The summed E-state index contributed by atoms with van der Waals surface area (Å²) in [6.45, 7) is 0. The van der Waals surface area contributed by atoms with Gasteiger partial charge in [0, 0.05) is 33.7 Å². The number of anilines is 1. The van der Waals surface area contributed by atoms with E-state index in [0.29, 0.717) is 5.69 Å². The molecule has 2 heterocycles. The summed E-state index contributed by atoms with van der Waals surface area (Å²) in [5, 5.41) is 6.85. The minimum Gasteiger partial charge on any atom is -0.351 e. The molecule has 0 unspecified atom stereocenters. The Morgan fingerprint density at radius 2 is 1.91 bits per heavy atom.